The standard InChI is InChI=1S/C20H21F3N6O/c1-28-7-4-15(19(28)30)27-14-8-13(20(21,22)23)10-29(11-14)16-3-2-12(9-24)17-18(16)26-6-5-25-17/h2-3,5-6,13-15,27H,4,7-8,10-11H2,1H3/t13-,14+,15?/m0/s1. The molecule has 0 radical (unpaired) electrons. The molecule has 1 unspecified atom stereocenters. The Morgan fingerprint density at radius 2 is 1.93 bits per heavy atom. The topological polar surface area (TPSA) is 85.2 Å². The Kier molecular flexibility index (Phi) is 5.24. The summed E-state index contributed by atoms with van der Waals surface area (Å²) in [7, 11) is 1.69. The Hall–Kier alpha value is -2.93. The number of benzene rings is 1. The van der Waals surface area contributed by atoms with Crippen molar-refractivity contribution in [2.75, 3.05) is 31.6 Å². The zero-order valence-electron chi connectivity index (χ0n) is 16.4. The van der Waals surface area contributed by atoms with E-state index in [1.165, 1.54) is 12.4 Å². The fraction of sp³-hybridized carbons (Fsp3) is 0.500. The zero-order valence-corrected chi connectivity index (χ0v) is 16.4. The number of fused-ring (bicyclic) bond motifs is 1. The number of likely N-dealkylation sites (N-methyl/N-ethyl adjacent to an activating group) is 1. The van der Waals surface area contributed by atoms with Crippen LogP contribution >= 0.6 is 0 Å². The van der Waals surface area contributed by atoms with Gasteiger partial charge in [0.1, 0.15) is 17.1 Å². The van der Waals surface area contributed by atoms with Crippen molar-refractivity contribution < 1.29 is 18.0 Å². The number of nitriles is 1. The molecule has 1 N–H and O–H groups in total. The molecular formula is C20H21F3N6O. The van der Waals surface area contributed by atoms with Crippen LogP contribution in [0.1, 0.15) is 18.4 Å². The van der Waals surface area contributed by atoms with E-state index < -0.39 is 24.2 Å². The van der Waals surface area contributed by atoms with Gasteiger partial charge >= 0.3 is 6.18 Å². The number of hydrogen-bond acceptors (Lipinski definition) is 6. The fourth-order valence-corrected chi connectivity index (χ4v) is 4.30. The van der Waals surface area contributed by atoms with Crippen molar-refractivity contribution >= 4 is 22.6 Å². The first kappa shape index (κ1) is 20.3. The average molecular weight is 418 g/mol. The van der Waals surface area contributed by atoms with Crippen LogP contribution in [0.4, 0.5) is 18.9 Å². The molecule has 2 aliphatic heterocycles. The van der Waals surface area contributed by atoms with Gasteiger partial charge in [0.15, 0.2) is 0 Å². The van der Waals surface area contributed by atoms with Gasteiger partial charge in [0, 0.05) is 45.1 Å². The van der Waals surface area contributed by atoms with Crippen molar-refractivity contribution in [1.82, 2.24) is 20.2 Å². The summed E-state index contributed by atoms with van der Waals surface area (Å²) in [5.74, 6) is -1.63. The number of rotatable bonds is 3. The molecule has 0 spiro atoms. The third-order valence-electron chi connectivity index (χ3n) is 5.84. The maximum Gasteiger partial charge on any atom is 0.393 e. The Balaban J connectivity index is 1.66. The number of piperidine rings is 1. The first-order valence-electron chi connectivity index (χ1n) is 9.74. The van der Waals surface area contributed by atoms with E-state index in [4.69, 9.17) is 0 Å². The number of halogens is 3. The van der Waals surface area contributed by atoms with E-state index in [1.807, 2.05) is 6.07 Å². The van der Waals surface area contributed by atoms with Crippen molar-refractivity contribution in [2.24, 2.45) is 5.92 Å². The number of alkyl halides is 3. The Bertz CT molecular complexity index is 1000. The molecule has 7 nitrogen and oxygen atoms in total. The highest BCUT2D eigenvalue weighted by atomic mass is 19.4. The number of hydrogen-bond donors (Lipinski definition) is 1. The number of likely N-dealkylation sites (tertiary alicyclic amines) is 1. The predicted molar refractivity (Wildman–Crippen MR) is 104 cm³/mol. The van der Waals surface area contributed by atoms with E-state index in [0.29, 0.717) is 41.8 Å². The molecule has 2 fully saturated rings. The molecule has 3 atom stereocenters. The molecule has 1 aromatic carbocycles. The summed E-state index contributed by atoms with van der Waals surface area (Å²) >= 11 is 0. The van der Waals surface area contributed by atoms with Gasteiger partial charge in [-0.25, -0.2) is 0 Å². The van der Waals surface area contributed by atoms with E-state index >= 15 is 0 Å². The van der Waals surface area contributed by atoms with E-state index in [9.17, 15) is 23.2 Å². The number of carbonyl (C=O) groups excluding carboxylic acids is 1. The molecule has 158 valence electrons. The summed E-state index contributed by atoms with van der Waals surface area (Å²) in [5.41, 5.74) is 1.59. The maximum atomic E-state index is 13.7. The quantitative estimate of drug-likeness (QED) is 0.822. The van der Waals surface area contributed by atoms with Gasteiger partial charge in [-0.1, -0.05) is 0 Å². The third-order valence-corrected chi connectivity index (χ3v) is 5.84. The third kappa shape index (κ3) is 3.77. The molecule has 0 saturated carbocycles. The number of aromatic nitrogens is 2. The van der Waals surface area contributed by atoms with Gasteiger partial charge in [0.05, 0.1) is 23.2 Å². The van der Waals surface area contributed by atoms with Crippen LogP contribution in [0.25, 0.3) is 11.0 Å². The van der Waals surface area contributed by atoms with E-state index in [2.05, 4.69) is 15.3 Å². The van der Waals surface area contributed by atoms with E-state index in [-0.39, 0.29) is 18.9 Å². The fourth-order valence-electron chi connectivity index (χ4n) is 4.30. The first-order valence-corrected chi connectivity index (χ1v) is 9.74. The molecule has 4 rings (SSSR count). The second-order valence-electron chi connectivity index (χ2n) is 7.84. The Morgan fingerprint density at radius 1 is 1.20 bits per heavy atom. The van der Waals surface area contributed by atoms with Crippen LogP contribution in [0.3, 0.4) is 0 Å². The largest absolute Gasteiger partial charge is 0.393 e. The minimum absolute atomic E-state index is 0.0899. The van der Waals surface area contributed by atoms with Crippen LogP contribution in [0.2, 0.25) is 0 Å². The SMILES string of the molecule is CN1CCC(N[C@@H]2C[C@H](C(F)(F)F)CN(c3ccc(C#N)c4nccnc34)C2)C1=O. The second kappa shape index (κ2) is 7.72. The van der Waals surface area contributed by atoms with Gasteiger partial charge in [0.25, 0.3) is 0 Å². The molecule has 1 aromatic heterocycles. The van der Waals surface area contributed by atoms with Gasteiger partial charge < -0.3 is 15.1 Å². The molecule has 3 heterocycles. The van der Waals surface area contributed by atoms with Crippen molar-refractivity contribution in [3.8, 4) is 6.07 Å². The Labute approximate surface area is 171 Å². The molecule has 0 aliphatic carbocycles. The van der Waals surface area contributed by atoms with Gasteiger partial charge in [0.2, 0.25) is 5.91 Å². The molecule has 2 saturated heterocycles. The molecule has 1 amide bonds. The highest BCUT2D eigenvalue weighted by Crippen LogP contribution is 2.37. The lowest BCUT2D eigenvalue weighted by Gasteiger charge is -2.41. The van der Waals surface area contributed by atoms with Crippen LogP contribution in [0, 0.1) is 17.2 Å². The molecule has 30 heavy (non-hydrogen) atoms. The summed E-state index contributed by atoms with van der Waals surface area (Å²) in [4.78, 5) is 23.9. The average Bonchev–Trinajstić information content (AvgIpc) is 3.04. The van der Waals surface area contributed by atoms with Crippen LogP contribution < -0.4 is 10.2 Å². The van der Waals surface area contributed by atoms with Crippen molar-refractivity contribution in [2.45, 2.75) is 31.1 Å². The van der Waals surface area contributed by atoms with Gasteiger partial charge in [-0.05, 0) is 25.0 Å². The second-order valence-corrected chi connectivity index (χ2v) is 7.84. The lowest BCUT2D eigenvalue weighted by Crippen LogP contribution is -2.55. The van der Waals surface area contributed by atoms with Gasteiger partial charge in [-0.2, -0.15) is 18.4 Å². The predicted octanol–water partition coefficient (Wildman–Crippen LogP) is 2.08. The number of carbonyl (C=O) groups is 1. The number of anilines is 1. The lowest BCUT2D eigenvalue weighted by atomic mass is 9.92. The van der Waals surface area contributed by atoms with Crippen molar-refractivity contribution in [3.05, 3.63) is 30.1 Å². The number of nitrogens with one attached hydrogen (secondary N) is 1. The van der Waals surface area contributed by atoms with Crippen LogP contribution in [0.5, 0.6) is 0 Å². The number of amides is 1. The summed E-state index contributed by atoms with van der Waals surface area (Å²) in [6.45, 7) is 0.681. The maximum absolute atomic E-state index is 13.7. The first-order chi connectivity index (χ1) is 14.3. The summed E-state index contributed by atoms with van der Waals surface area (Å²) < 4.78 is 41.1. The van der Waals surface area contributed by atoms with Gasteiger partial charge in [-0.3, -0.25) is 14.8 Å². The molecular weight excluding hydrogens is 397 g/mol. The molecule has 10 heteroatoms. The van der Waals surface area contributed by atoms with Crippen LogP contribution in [-0.4, -0.2) is 65.7 Å². The van der Waals surface area contributed by atoms with Crippen LogP contribution in [0.15, 0.2) is 24.5 Å². The minimum atomic E-state index is -4.36. The Morgan fingerprint density at radius 3 is 2.57 bits per heavy atom. The van der Waals surface area contributed by atoms with Crippen LogP contribution in [-0.2, 0) is 4.79 Å². The zero-order chi connectivity index (χ0) is 21.5. The highest BCUT2D eigenvalue weighted by Gasteiger charge is 2.45. The molecule has 2 aromatic rings. The molecule has 0 bridgehead atoms. The van der Waals surface area contributed by atoms with Crippen molar-refractivity contribution in [3.63, 3.8) is 0 Å². The molecule has 2 aliphatic rings. The van der Waals surface area contributed by atoms with E-state index in [1.54, 1.807) is 29.0 Å². The minimum Gasteiger partial charge on any atom is -0.368 e. The smallest absolute Gasteiger partial charge is 0.368 e. The van der Waals surface area contributed by atoms with Crippen molar-refractivity contribution in [1.29, 1.82) is 5.26 Å². The summed E-state index contributed by atoms with van der Waals surface area (Å²) in [6, 6.07) is 4.25. The summed E-state index contributed by atoms with van der Waals surface area (Å²) in [5, 5.41) is 12.5. The lowest BCUT2D eigenvalue weighted by molar-refractivity contribution is -0.177. The highest BCUT2D eigenvalue weighted by molar-refractivity contribution is 5.92. The monoisotopic (exact) mass is 418 g/mol. The summed E-state index contributed by atoms with van der Waals surface area (Å²) in [6.07, 6.45) is -0.959. The van der Waals surface area contributed by atoms with E-state index in [0.717, 1.165) is 0 Å². The normalized spacial score (nSPS) is 25.0. The van der Waals surface area contributed by atoms with Gasteiger partial charge in [-0.15, -0.1) is 0 Å². The number of nitrogens with zero attached hydrogens (tertiary/aromatic N) is 5.